The van der Waals surface area contributed by atoms with Gasteiger partial charge < -0.3 is 25.0 Å². The maximum Gasteiger partial charge on any atom is 0.408 e. The van der Waals surface area contributed by atoms with Crippen LogP contribution in [0.25, 0.3) is 0 Å². The molecule has 0 aliphatic heterocycles. The maximum absolute atomic E-state index is 14.5. The number of benzene rings is 2. The number of carbonyl (C=O) groups is 3. The van der Waals surface area contributed by atoms with E-state index < -0.39 is 29.3 Å². The average Bonchev–Trinajstić information content (AvgIpc) is 2.83. The molecule has 2 aromatic carbocycles. The van der Waals surface area contributed by atoms with E-state index in [0.717, 1.165) is 11.1 Å². The highest BCUT2D eigenvalue weighted by molar-refractivity contribution is 5.99. The molecular formula is C32H47N3O5. The van der Waals surface area contributed by atoms with Crippen LogP contribution in [-0.2, 0) is 14.3 Å². The third kappa shape index (κ3) is 8.73. The van der Waals surface area contributed by atoms with Gasteiger partial charge in [0, 0.05) is 11.2 Å². The molecule has 2 rings (SSSR count). The molecule has 2 N–H and O–H groups in total. The van der Waals surface area contributed by atoms with Gasteiger partial charge in [-0.1, -0.05) is 50.1 Å². The summed E-state index contributed by atoms with van der Waals surface area (Å²) in [5.74, 6) is -0.313. The van der Waals surface area contributed by atoms with Crippen molar-refractivity contribution in [1.29, 1.82) is 0 Å². The molecule has 8 heteroatoms. The van der Waals surface area contributed by atoms with Crippen LogP contribution >= 0.6 is 0 Å². The standard InChI is InChI=1S/C32H47N3O5/c1-12-32(9,10)35(29(37)26(20(2)3)34-30(38)40-31(6,7)8)27(23-18-21(4)17-22(5)19-23)28(36)33-24-13-15-25(39-11)16-14-24/h13-20,26-27H,12H2,1-11H3,(H,33,36)(H,34,38). The number of aryl methyl sites for hydroxylation is 2. The lowest BCUT2D eigenvalue weighted by molar-refractivity contribution is -0.148. The highest BCUT2D eigenvalue weighted by atomic mass is 16.6. The molecule has 0 saturated heterocycles. The monoisotopic (exact) mass is 553 g/mol. The average molecular weight is 554 g/mol. The van der Waals surface area contributed by atoms with Crippen LogP contribution in [0.15, 0.2) is 42.5 Å². The Morgan fingerprint density at radius 3 is 1.93 bits per heavy atom. The summed E-state index contributed by atoms with van der Waals surface area (Å²) in [6.07, 6.45) is -0.105. The second-order valence-corrected chi connectivity index (χ2v) is 12.3. The van der Waals surface area contributed by atoms with Crippen molar-refractivity contribution in [2.24, 2.45) is 5.92 Å². The Bertz CT molecular complexity index is 1160. The van der Waals surface area contributed by atoms with Gasteiger partial charge in [-0.15, -0.1) is 0 Å². The maximum atomic E-state index is 14.5. The van der Waals surface area contributed by atoms with Gasteiger partial charge in [-0.2, -0.15) is 0 Å². The third-order valence-corrected chi connectivity index (χ3v) is 6.78. The van der Waals surface area contributed by atoms with Gasteiger partial charge in [-0.25, -0.2) is 4.79 Å². The number of hydrogen-bond donors (Lipinski definition) is 2. The molecule has 2 atom stereocenters. The third-order valence-electron chi connectivity index (χ3n) is 6.78. The Morgan fingerprint density at radius 1 is 0.925 bits per heavy atom. The summed E-state index contributed by atoms with van der Waals surface area (Å²) in [7, 11) is 1.58. The molecule has 0 radical (unpaired) electrons. The molecule has 0 heterocycles. The Balaban J connectivity index is 2.66. The molecule has 2 aromatic rings. The summed E-state index contributed by atoms with van der Waals surface area (Å²) in [4.78, 5) is 43.0. The molecular weight excluding hydrogens is 506 g/mol. The van der Waals surface area contributed by atoms with E-state index in [0.29, 0.717) is 23.4 Å². The SMILES string of the molecule is CCC(C)(C)N(C(=O)C(NC(=O)OC(C)(C)C)C(C)C)C(C(=O)Nc1ccc(OC)cc1)c1cc(C)cc(C)c1. The predicted molar refractivity (Wildman–Crippen MR) is 159 cm³/mol. The summed E-state index contributed by atoms with van der Waals surface area (Å²) in [6, 6.07) is 11.1. The highest BCUT2D eigenvalue weighted by Crippen LogP contribution is 2.34. The quantitative estimate of drug-likeness (QED) is 0.347. The molecule has 3 amide bonds. The zero-order valence-corrected chi connectivity index (χ0v) is 26.0. The molecule has 220 valence electrons. The van der Waals surface area contributed by atoms with Crippen molar-refractivity contribution < 1.29 is 23.9 Å². The normalized spacial score (nSPS) is 13.3. The number of rotatable bonds is 10. The topological polar surface area (TPSA) is 97.0 Å². The fourth-order valence-electron chi connectivity index (χ4n) is 4.51. The molecule has 0 saturated carbocycles. The summed E-state index contributed by atoms with van der Waals surface area (Å²) in [5.41, 5.74) is 1.76. The van der Waals surface area contributed by atoms with Crippen LogP contribution in [-0.4, -0.2) is 47.1 Å². The molecule has 0 bridgehead atoms. The summed E-state index contributed by atoms with van der Waals surface area (Å²) in [6.45, 7) is 18.8. The number of nitrogens with one attached hydrogen (secondary N) is 2. The first kappa shape index (κ1) is 32.7. The Labute approximate surface area is 239 Å². The molecule has 0 aromatic heterocycles. The fourth-order valence-corrected chi connectivity index (χ4v) is 4.51. The predicted octanol–water partition coefficient (Wildman–Crippen LogP) is 6.56. The fraction of sp³-hybridized carbons (Fsp3) is 0.531. The van der Waals surface area contributed by atoms with Gasteiger partial charge in [0.2, 0.25) is 5.91 Å². The van der Waals surface area contributed by atoms with Gasteiger partial charge in [-0.3, -0.25) is 9.59 Å². The summed E-state index contributed by atoms with van der Waals surface area (Å²) < 4.78 is 10.7. The Kier molecular flexibility index (Phi) is 10.8. The van der Waals surface area contributed by atoms with Gasteiger partial charge >= 0.3 is 6.09 Å². The van der Waals surface area contributed by atoms with Crippen LogP contribution in [0.1, 0.15) is 84.5 Å². The first-order valence-electron chi connectivity index (χ1n) is 13.8. The van der Waals surface area contributed by atoms with Crippen LogP contribution < -0.4 is 15.4 Å². The smallest absolute Gasteiger partial charge is 0.408 e. The van der Waals surface area contributed by atoms with Gasteiger partial charge in [0.1, 0.15) is 23.4 Å². The second-order valence-electron chi connectivity index (χ2n) is 12.3. The van der Waals surface area contributed by atoms with Crippen LogP contribution in [0.5, 0.6) is 5.75 Å². The number of ether oxygens (including phenoxy) is 2. The number of amides is 3. The van der Waals surface area contributed by atoms with Gasteiger partial charge in [0.25, 0.3) is 5.91 Å². The van der Waals surface area contributed by atoms with Crippen molar-refractivity contribution in [3.05, 3.63) is 59.2 Å². The van der Waals surface area contributed by atoms with Crippen molar-refractivity contribution in [1.82, 2.24) is 10.2 Å². The lowest BCUT2D eigenvalue weighted by atomic mass is 9.89. The number of alkyl carbamates (subject to hydrolysis) is 1. The lowest BCUT2D eigenvalue weighted by Crippen LogP contribution is -2.60. The zero-order chi connectivity index (χ0) is 30.4. The molecule has 0 aliphatic carbocycles. The molecule has 40 heavy (non-hydrogen) atoms. The largest absolute Gasteiger partial charge is 0.497 e. The van der Waals surface area contributed by atoms with E-state index in [4.69, 9.17) is 9.47 Å². The van der Waals surface area contributed by atoms with Crippen molar-refractivity contribution in [3.63, 3.8) is 0 Å². The van der Waals surface area contributed by atoms with E-state index in [2.05, 4.69) is 10.6 Å². The number of nitrogens with zero attached hydrogens (tertiary/aromatic N) is 1. The van der Waals surface area contributed by atoms with Crippen LogP contribution in [0.4, 0.5) is 10.5 Å². The van der Waals surface area contributed by atoms with Crippen LogP contribution in [0, 0.1) is 19.8 Å². The van der Waals surface area contributed by atoms with Crippen molar-refractivity contribution in [2.75, 3.05) is 12.4 Å². The minimum Gasteiger partial charge on any atom is -0.497 e. The molecule has 8 nitrogen and oxygen atoms in total. The minimum absolute atomic E-state index is 0.264. The lowest BCUT2D eigenvalue weighted by Gasteiger charge is -2.45. The summed E-state index contributed by atoms with van der Waals surface area (Å²) >= 11 is 0. The first-order chi connectivity index (χ1) is 18.5. The van der Waals surface area contributed by atoms with Crippen molar-refractivity contribution in [2.45, 2.75) is 98.9 Å². The van der Waals surface area contributed by atoms with Gasteiger partial charge in [0.05, 0.1) is 7.11 Å². The number of methoxy groups -OCH3 is 1. The minimum atomic E-state index is -0.968. The number of hydrogen-bond acceptors (Lipinski definition) is 5. The molecule has 0 aliphatic rings. The van der Waals surface area contributed by atoms with E-state index >= 15 is 0 Å². The van der Waals surface area contributed by atoms with Crippen molar-refractivity contribution >= 4 is 23.6 Å². The van der Waals surface area contributed by atoms with E-state index in [1.807, 2.05) is 66.7 Å². The van der Waals surface area contributed by atoms with Gasteiger partial charge in [0.15, 0.2) is 0 Å². The molecule has 0 spiro atoms. The van der Waals surface area contributed by atoms with E-state index in [1.54, 1.807) is 57.0 Å². The van der Waals surface area contributed by atoms with Crippen LogP contribution in [0.2, 0.25) is 0 Å². The second kappa shape index (κ2) is 13.2. The van der Waals surface area contributed by atoms with Crippen molar-refractivity contribution in [3.8, 4) is 5.75 Å². The first-order valence-corrected chi connectivity index (χ1v) is 13.8. The van der Waals surface area contributed by atoms with Crippen LogP contribution in [0.3, 0.4) is 0 Å². The van der Waals surface area contributed by atoms with E-state index in [9.17, 15) is 14.4 Å². The Morgan fingerprint density at radius 2 is 1.48 bits per heavy atom. The number of anilines is 1. The summed E-state index contributed by atoms with van der Waals surface area (Å²) in [5, 5.41) is 5.78. The number of carbonyl (C=O) groups excluding carboxylic acids is 3. The molecule has 2 unspecified atom stereocenters. The van der Waals surface area contributed by atoms with Gasteiger partial charge in [-0.05, 0) is 90.6 Å². The van der Waals surface area contributed by atoms with E-state index in [-0.39, 0.29) is 17.7 Å². The molecule has 0 fully saturated rings. The highest BCUT2D eigenvalue weighted by Gasteiger charge is 2.44. The zero-order valence-electron chi connectivity index (χ0n) is 26.0. The Hall–Kier alpha value is -3.55. The van der Waals surface area contributed by atoms with E-state index in [1.165, 1.54) is 0 Å².